The summed E-state index contributed by atoms with van der Waals surface area (Å²) in [5.41, 5.74) is 2.48. The SMILES string of the molecule is CNC(CCC1CCCC1)c1ccc(C)c(Cl)c1. The van der Waals surface area contributed by atoms with Crippen molar-refractivity contribution in [3.8, 4) is 0 Å². The van der Waals surface area contributed by atoms with E-state index < -0.39 is 0 Å². The molecule has 0 heterocycles. The van der Waals surface area contributed by atoms with Crippen molar-refractivity contribution in [3.63, 3.8) is 0 Å². The molecule has 0 radical (unpaired) electrons. The van der Waals surface area contributed by atoms with Gasteiger partial charge in [-0.2, -0.15) is 0 Å². The number of rotatable bonds is 5. The minimum atomic E-state index is 0.448. The van der Waals surface area contributed by atoms with Gasteiger partial charge in [0.2, 0.25) is 0 Å². The predicted molar refractivity (Wildman–Crippen MR) is 79.2 cm³/mol. The van der Waals surface area contributed by atoms with E-state index in [2.05, 4.69) is 30.4 Å². The lowest BCUT2D eigenvalue weighted by Crippen LogP contribution is -2.17. The van der Waals surface area contributed by atoms with E-state index in [9.17, 15) is 0 Å². The van der Waals surface area contributed by atoms with Crippen LogP contribution in [0.15, 0.2) is 18.2 Å². The number of benzene rings is 1. The van der Waals surface area contributed by atoms with Gasteiger partial charge in [0.1, 0.15) is 0 Å². The fourth-order valence-corrected chi connectivity index (χ4v) is 3.19. The molecular weight excluding hydrogens is 242 g/mol. The molecule has 1 fully saturated rings. The van der Waals surface area contributed by atoms with E-state index in [1.807, 2.05) is 7.05 Å². The molecule has 2 heteroatoms. The fraction of sp³-hybridized carbons (Fsp3) is 0.625. The third-order valence-electron chi connectivity index (χ3n) is 4.29. The molecule has 0 amide bonds. The average Bonchev–Trinajstić information content (AvgIpc) is 2.87. The van der Waals surface area contributed by atoms with Gasteiger partial charge in [-0.1, -0.05) is 49.4 Å². The molecule has 1 aromatic rings. The third kappa shape index (κ3) is 3.49. The Balaban J connectivity index is 1.96. The molecule has 1 atom stereocenters. The topological polar surface area (TPSA) is 12.0 Å². The Morgan fingerprint density at radius 1 is 1.33 bits per heavy atom. The van der Waals surface area contributed by atoms with Gasteiger partial charge in [-0.15, -0.1) is 0 Å². The van der Waals surface area contributed by atoms with Crippen molar-refractivity contribution in [2.24, 2.45) is 5.92 Å². The fourth-order valence-electron chi connectivity index (χ4n) is 3.00. The van der Waals surface area contributed by atoms with Crippen molar-refractivity contribution >= 4 is 11.6 Å². The summed E-state index contributed by atoms with van der Waals surface area (Å²) in [6.07, 6.45) is 8.31. The Morgan fingerprint density at radius 3 is 2.67 bits per heavy atom. The summed E-state index contributed by atoms with van der Waals surface area (Å²) in [6.45, 7) is 2.05. The lowest BCUT2D eigenvalue weighted by Gasteiger charge is -2.19. The summed E-state index contributed by atoms with van der Waals surface area (Å²) >= 11 is 6.21. The molecule has 0 aromatic heterocycles. The van der Waals surface area contributed by atoms with Crippen LogP contribution >= 0.6 is 11.6 Å². The second kappa shape index (κ2) is 6.58. The van der Waals surface area contributed by atoms with Gasteiger partial charge < -0.3 is 5.32 Å². The molecule has 1 N–H and O–H groups in total. The molecule has 18 heavy (non-hydrogen) atoms. The summed E-state index contributed by atoms with van der Waals surface area (Å²) in [4.78, 5) is 0. The summed E-state index contributed by atoms with van der Waals surface area (Å²) in [7, 11) is 2.05. The van der Waals surface area contributed by atoms with Crippen molar-refractivity contribution in [2.45, 2.75) is 51.5 Å². The Kier molecular flexibility index (Phi) is 5.08. The van der Waals surface area contributed by atoms with E-state index >= 15 is 0 Å². The Bertz CT molecular complexity index is 383. The van der Waals surface area contributed by atoms with Crippen LogP contribution in [-0.2, 0) is 0 Å². The molecule has 0 bridgehead atoms. The molecule has 0 saturated heterocycles. The maximum absolute atomic E-state index is 6.21. The van der Waals surface area contributed by atoms with E-state index in [-0.39, 0.29) is 0 Å². The monoisotopic (exact) mass is 265 g/mol. The second-order valence-electron chi connectivity index (χ2n) is 5.58. The van der Waals surface area contributed by atoms with Crippen LogP contribution in [0.3, 0.4) is 0 Å². The van der Waals surface area contributed by atoms with Crippen LogP contribution in [0.1, 0.15) is 55.7 Å². The molecule has 2 rings (SSSR count). The van der Waals surface area contributed by atoms with Gasteiger partial charge in [0, 0.05) is 11.1 Å². The van der Waals surface area contributed by atoms with E-state index in [4.69, 9.17) is 11.6 Å². The largest absolute Gasteiger partial charge is 0.313 e. The maximum atomic E-state index is 6.21. The molecule has 1 aliphatic rings. The second-order valence-corrected chi connectivity index (χ2v) is 5.98. The molecule has 1 aromatic carbocycles. The van der Waals surface area contributed by atoms with Gasteiger partial charge in [0.15, 0.2) is 0 Å². The molecular formula is C16H24ClN. The molecule has 1 aliphatic carbocycles. The zero-order valence-corrected chi connectivity index (χ0v) is 12.3. The number of halogens is 1. The van der Waals surface area contributed by atoms with Crippen molar-refractivity contribution in [1.82, 2.24) is 5.32 Å². The summed E-state index contributed by atoms with van der Waals surface area (Å²) < 4.78 is 0. The lowest BCUT2D eigenvalue weighted by molar-refractivity contribution is 0.427. The highest BCUT2D eigenvalue weighted by Gasteiger charge is 2.17. The van der Waals surface area contributed by atoms with Crippen LogP contribution in [0.5, 0.6) is 0 Å². The van der Waals surface area contributed by atoms with Gasteiger partial charge in [-0.25, -0.2) is 0 Å². The maximum Gasteiger partial charge on any atom is 0.0438 e. The highest BCUT2D eigenvalue weighted by molar-refractivity contribution is 6.31. The molecule has 0 spiro atoms. The zero-order chi connectivity index (χ0) is 13.0. The molecule has 0 aliphatic heterocycles. The number of nitrogens with one attached hydrogen (secondary N) is 1. The van der Waals surface area contributed by atoms with E-state index in [0.29, 0.717) is 6.04 Å². The van der Waals surface area contributed by atoms with Crippen LogP contribution in [0.25, 0.3) is 0 Å². The van der Waals surface area contributed by atoms with Crippen LogP contribution in [-0.4, -0.2) is 7.05 Å². The average molecular weight is 266 g/mol. The third-order valence-corrected chi connectivity index (χ3v) is 4.69. The number of aryl methyl sites for hydroxylation is 1. The number of hydrogen-bond acceptors (Lipinski definition) is 1. The van der Waals surface area contributed by atoms with Gasteiger partial charge in [0.05, 0.1) is 0 Å². The zero-order valence-electron chi connectivity index (χ0n) is 11.5. The highest BCUT2D eigenvalue weighted by Crippen LogP contribution is 2.32. The van der Waals surface area contributed by atoms with E-state index in [0.717, 1.165) is 16.5 Å². The van der Waals surface area contributed by atoms with E-state index in [1.54, 1.807) is 0 Å². The van der Waals surface area contributed by atoms with E-state index in [1.165, 1.54) is 44.1 Å². The van der Waals surface area contributed by atoms with Crippen LogP contribution in [0.4, 0.5) is 0 Å². The quantitative estimate of drug-likeness (QED) is 0.800. The normalized spacial score (nSPS) is 18.2. The van der Waals surface area contributed by atoms with Crippen LogP contribution < -0.4 is 5.32 Å². The van der Waals surface area contributed by atoms with Gasteiger partial charge in [0.25, 0.3) is 0 Å². The highest BCUT2D eigenvalue weighted by atomic mass is 35.5. The first kappa shape index (κ1) is 13.9. The first-order valence-electron chi connectivity index (χ1n) is 7.14. The summed E-state index contributed by atoms with van der Waals surface area (Å²) in [5, 5.41) is 4.31. The van der Waals surface area contributed by atoms with Gasteiger partial charge >= 0.3 is 0 Å². The number of hydrogen-bond donors (Lipinski definition) is 1. The first-order chi connectivity index (χ1) is 8.70. The van der Waals surface area contributed by atoms with Crippen molar-refractivity contribution in [3.05, 3.63) is 34.3 Å². The van der Waals surface area contributed by atoms with Gasteiger partial charge in [-0.05, 0) is 49.9 Å². The van der Waals surface area contributed by atoms with Crippen molar-refractivity contribution in [2.75, 3.05) is 7.05 Å². The molecule has 1 unspecified atom stereocenters. The first-order valence-corrected chi connectivity index (χ1v) is 7.52. The Morgan fingerprint density at radius 2 is 2.06 bits per heavy atom. The predicted octanol–water partition coefficient (Wildman–Crippen LogP) is 4.88. The molecule has 1 saturated carbocycles. The lowest BCUT2D eigenvalue weighted by atomic mass is 9.94. The molecule has 1 nitrogen and oxygen atoms in total. The summed E-state index contributed by atoms with van der Waals surface area (Å²) in [5.74, 6) is 0.960. The standard InChI is InChI=1S/C16H24ClN/c1-12-7-9-14(11-15(12)17)16(18-2)10-8-13-5-3-4-6-13/h7,9,11,13,16,18H,3-6,8,10H2,1-2H3. The Labute approximate surface area is 116 Å². The van der Waals surface area contributed by atoms with Crippen molar-refractivity contribution < 1.29 is 0 Å². The summed E-state index contributed by atoms with van der Waals surface area (Å²) in [6, 6.07) is 6.89. The molecule has 100 valence electrons. The van der Waals surface area contributed by atoms with Crippen LogP contribution in [0, 0.1) is 12.8 Å². The Hall–Kier alpha value is -0.530. The minimum absolute atomic E-state index is 0.448. The van der Waals surface area contributed by atoms with Crippen molar-refractivity contribution in [1.29, 1.82) is 0 Å². The smallest absolute Gasteiger partial charge is 0.0438 e. The van der Waals surface area contributed by atoms with Gasteiger partial charge in [-0.3, -0.25) is 0 Å². The minimum Gasteiger partial charge on any atom is -0.313 e. The van der Waals surface area contributed by atoms with Crippen LogP contribution in [0.2, 0.25) is 5.02 Å².